The molecule has 1 nitrogen and oxygen atoms in total. The summed E-state index contributed by atoms with van der Waals surface area (Å²) in [6, 6.07) is 4.49. The lowest BCUT2D eigenvalue weighted by Crippen LogP contribution is -3.00. The van der Waals surface area contributed by atoms with E-state index in [1.165, 1.54) is 63.4 Å². The number of aromatic nitrogens is 1. The molecule has 116 valence electrons. The Kier molecular flexibility index (Phi) is 12.5. The van der Waals surface area contributed by atoms with Crippen LogP contribution in [0.5, 0.6) is 0 Å². The monoisotopic (exact) mass is 389 g/mol. The maximum atomic E-state index is 2.33. The Bertz CT molecular complexity index is 317. The van der Waals surface area contributed by atoms with E-state index in [0.717, 1.165) is 5.92 Å². The number of pyridine rings is 1. The smallest absolute Gasteiger partial charge is 0.168 e. The van der Waals surface area contributed by atoms with E-state index in [2.05, 4.69) is 50.0 Å². The van der Waals surface area contributed by atoms with Gasteiger partial charge in [-0.3, -0.25) is 0 Å². The number of unbranched alkanes of at least 4 members (excludes halogenated alkanes) is 4. The van der Waals surface area contributed by atoms with Gasteiger partial charge in [-0.2, -0.15) is 0 Å². The Balaban J connectivity index is 0.00000361. The van der Waals surface area contributed by atoms with Gasteiger partial charge in [-0.25, -0.2) is 4.57 Å². The molecule has 0 amide bonds. The molecule has 0 aliphatic rings. The van der Waals surface area contributed by atoms with E-state index >= 15 is 0 Å². The summed E-state index contributed by atoms with van der Waals surface area (Å²) in [6.07, 6.45) is 16.7. The third-order valence-electron chi connectivity index (χ3n) is 4.28. The molecule has 0 atom stereocenters. The summed E-state index contributed by atoms with van der Waals surface area (Å²) in [5.41, 5.74) is 1.48. The Morgan fingerprint density at radius 1 is 0.900 bits per heavy atom. The Morgan fingerprint density at radius 3 is 2.05 bits per heavy atom. The highest BCUT2D eigenvalue weighted by Gasteiger charge is 2.02. The van der Waals surface area contributed by atoms with Crippen LogP contribution in [0.15, 0.2) is 24.5 Å². The van der Waals surface area contributed by atoms with Crippen molar-refractivity contribution >= 4 is 0 Å². The van der Waals surface area contributed by atoms with Crippen molar-refractivity contribution in [1.82, 2.24) is 0 Å². The summed E-state index contributed by atoms with van der Waals surface area (Å²) in [4.78, 5) is 0. The molecular formula is C18H32IN. The highest BCUT2D eigenvalue weighted by atomic mass is 127. The third kappa shape index (κ3) is 8.93. The maximum Gasteiger partial charge on any atom is 0.168 e. The Morgan fingerprint density at radius 2 is 1.45 bits per heavy atom. The second-order valence-electron chi connectivity index (χ2n) is 5.86. The lowest BCUT2D eigenvalue weighted by atomic mass is 9.95. The summed E-state index contributed by atoms with van der Waals surface area (Å²) in [5, 5.41) is 0. The molecule has 2 heteroatoms. The molecule has 1 aromatic heterocycles. The lowest BCUT2D eigenvalue weighted by molar-refractivity contribution is -0.671. The molecule has 1 heterocycles. The van der Waals surface area contributed by atoms with E-state index in [4.69, 9.17) is 0 Å². The highest BCUT2D eigenvalue weighted by Crippen LogP contribution is 2.17. The zero-order chi connectivity index (χ0) is 13.9. The van der Waals surface area contributed by atoms with E-state index in [0.29, 0.717) is 0 Å². The summed E-state index contributed by atoms with van der Waals surface area (Å²) in [5.74, 6) is 0.977. The van der Waals surface area contributed by atoms with Gasteiger partial charge in [-0.1, -0.05) is 58.8 Å². The van der Waals surface area contributed by atoms with Crippen LogP contribution < -0.4 is 28.5 Å². The molecule has 1 aromatic rings. The van der Waals surface area contributed by atoms with Gasteiger partial charge in [-0.15, -0.1) is 0 Å². The third-order valence-corrected chi connectivity index (χ3v) is 4.28. The highest BCUT2D eigenvalue weighted by molar-refractivity contribution is 5.06. The molecule has 0 spiro atoms. The first kappa shape index (κ1) is 19.9. The standard InChI is InChI=1S/C18H32N.HI/c1-4-17(5-2)11-9-7-6-8-10-12-18-13-15-19(3)16-14-18;/h13-17H,4-12H2,1-3H3;1H/q+1;/p-1. The molecule has 0 radical (unpaired) electrons. The van der Waals surface area contributed by atoms with Crippen molar-refractivity contribution in [3.63, 3.8) is 0 Å². The molecular weight excluding hydrogens is 357 g/mol. The first-order valence-corrected chi connectivity index (χ1v) is 8.20. The second-order valence-corrected chi connectivity index (χ2v) is 5.86. The van der Waals surface area contributed by atoms with Crippen LogP contribution >= 0.6 is 0 Å². The summed E-state index contributed by atoms with van der Waals surface area (Å²) in [7, 11) is 2.07. The number of halogens is 1. The summed E-state index contributed by atoms with van der Waals surface area (Å²) in [6.45, 7) is 4.65. The first-order valence-electron chi connectivity index (χ1n) is 8.20. The minimum Gasteiger partial charge on any atom is -1.00 e. The average molecular weight is 389 g/mol. The first-order chi connectivity index (χ1) is 9.26. The van der Waals surface area contributed by atoms with E-state index in [-0.39, 0.29) is 24.0 Å². The molecule has 0 bridgehead atoms. The number of nitrogens with zero attached hydrogens (tertiary/aromatic N) is 1. The fraction of sp³-hybridized carbons (Fsp3) is 0.722. The number of aryl methyl sites for hydroxylation is 2. The van der Waals surface area contributed by atoms with E-state index in [1.54, 1.807) is 0 Å². The summed E-state index contributed by atoms with van der Waals surface area (Å²) >= 11 is 0. The molecule has 0 fully saturated rings. The number of hydrogen-bond donors (Lipinski definition) is 0. The second kappa shape index (κ2) is 12.6. The largest absolute Gasteiger partial charge is 1.00 e. The van der Waals surface area contributed by atoms with Crippen LogP contribution in [0.4, 0.5) is 0 Å². The molecule has 0 aliphatic carbocycles. The molecule has 0 saturated carbocycles. The van der Waals surface area contributed by atoms with Crippen LogP contribution in [0.25, 0.3) is 0 Å². The minimum atomic E-state index is 0. The van der Waals surface area contributed by atoms with Gasteiger partial charge in [-0.05, 0) is 24.3 Å². The van der Waals surface area contributed by atoms with Crippen molar-refractivity contribution in [3.8, 4) is 0 Å². The molecule has 0 aromatic carbocycles. The predicted octanol–water partition coefficient (Wildman–Crippen LogP) is 1.83. The van der Waals surface area contributed by atoms with Gasteiger partial charge in [0, 0.05) is 12.1 Å². The van der Waals surface area contributed by atoms with E-state index in [1.807, 2.05) is 0 Å². The van der Waals surface area contributed by atoms with Gasteiger partial charge in [0.05, 0.1) is 0 Å². The zero-order valence-corrected chi connectivity index (χ0v) is 15.7. The Labute approximate surface area is 143 Å². The van der Waals surface area contributed by atoms with Crippen LogP contribution in [0.3, 0.4) is 0 Å². The molecule has 0 saturated heterocycles. The summed E-state index contributed by atoms with van der Waals surface area (Å²) < 4.78 is 2.10. The van der Waals surface area contributed by atoms with Crippen LogP contribution in [0, 0.1) is 5.92 Å². The number of hydrogen-bond acceptors (Lipinski definition) is 0. The normalized spacial score (nSPS) is 10.6. The lowest BCUT2D eigenvalue weighted by Gasteiger charge is -2.11. The molecule has 0 unspecified atom stereocenters. The van der Waals surface area contributed by atoms with Crippen molar-refractivity contribution in [2.45, 2.75) is 71.6 Å². The Hall–Kier alpha value is -0.120. The van der Waals surface area contributed by atoms with E-state index in [9.17, 15) is 0 Å². The SMILES string of the molecule is CCC(CC)CCCCCCCc1cc[n+](C)cc1.[I-]. The maximum absolute atomic E-state index is 2.33. The van der Waals surface area contributed by atoms with Gasteiger partial charge in [0.2, 0.25) is 0 Å². The van der Waals surface area contributed by atoms with Gasteiger partial charge in [0.25, 0.3) is 0 Å². The average Bonchev–Trinajstić information content (AvgIpc) is 2.44. The van der Waals surface area contributed by atoms with Crippen molar-refractivity contribution < 1.29 is 28.5 Å². The molecule has 1 rings (SSSR count). The molecule has 20 heavy (non-hydrogen) atoms. The van der Waals surface area contributed by atoms with Crippen molar-refractivity contribution in [2.24, 2.45) is 13.0 Å². The van der Waals surface area contributed by atoms with Crippen molar-refractivity contribution in [1.29, 1.82) is 0 Å². The van der Waals surface area contributed by atoms with Gasteiger partial charge in [0.1, 0.15) is 7.05 Å². The molecule has 0 N–H and O–H groups in total. The number of rotatable bonds is 10. The van der Waals surface area contributed by atoms with Crippen LogP contribution in [0.2, 0.25) is 0 Å². The minimum absolute atomic E-state index is 0. The molecule has 0 aliphatic heterocycles. The van der Waals surface area contributed by atoms with Crippen LogP contribution in [0.1, 0.15) is 70.8 Å². The zero-order valence-electron chi connectivity index (χ0n) is 13.6. The fourth-order valence-electron chi connectivity index (χ4n) is 2.69. The van der Waals surface area contributed by atoms with Gasteiger partial charge < -0.3 is 24.0 Å². The van der Waals surface area contributed by atoms with E-state index < -0.39 is 0 Å². The predicted molar refractivity (Wildman–Crippen MR) is 83.1 cm³/mol. The van der Waals surface area contributed by atoms with Gasteiger partial charge >= 0.3 is 0 Å². The quantitative estimate of drug-likeness (QED) is 0.327. The van der Waals surface area contributed by atoms with Gasteiger partial charge in [0.15, 0.2) is 12.4 Å². The topological polar surface area (TPSA) is 3.88 Å². The van der Waals surface area contributed by atoms with Crippen LogP contribution in [-0.4, -0.2) is 0 Å². The van der Waals surface area contributed by atoms with Crippen LogP contribution in [-0.2, 0) is 13.5 Å². The fourth-order valence-corrected chi connectivity index (χ4v) is 2.69. The van der Waals surface area contributed by atoms with Crippen molar-refractivity contribution in [2.75, 3.05) is 0 Å². The van der Waals surface area contributed by atoms with Crippen molar-refractivity contribution in [3.05, 3.63) is 30.1 Å².